The number of nitrogens with zero attached hydrogens (tertiary/aromatic N) is 5. The van der Waals surface area contributed by atoms with E-state index in [1.807, 2.05) is 13.0 Å². The first-order chi connectivity index (χ1) is 10.3. The number of aryl methyl sites for hydroxylation is 1. The van der Waals surface area contributed by atoms with Gasteiger partial charge in [-0.3, -0.25) is 0 Å². The molecule has 1 aliphatic heterocycles. The zero-order valence-electron chi connectivity index (χ0n) is 11.7. The molecule has 0 saturated carbocycles. The second kappa shape index (κ2) is 5.07. The molecule has 7 heteroatoms. The molecule has 0 unspecified atom stereocenters. The molecule has 1 atom stereocenters. The van der Waals surface area contributed by atoms with Crippen molar-refractivity contribution >= 4 is 27.4 Å². The zero-order chi connectivity index (χ0) is 14.2. The highest BCUT2D eigenvalue weighted by atomic mass is 32.1. The summed E-state index contributed by atoms with van der Waals surface area (Å²) in [5, 5.41) is 6.14. The number of hydrogen-bond donors (Lipinski definition) is 0. The van der Waals surface area contributed by atoms with Crippen LogP contribution >= 0.6 is 11.3 Å². The predicted octanol–water partition coefficient (Wildman–Crippen LogP) is 2.77. The summed E-state index contributed by atoms with van der Waals surface area (Å²) in [6.45, 7) is 3.72. The van der Waals surface area contributed by atoms with Crippen molar-refractivity contribution in [1.29, 1.82) is 0 Å². The van der Waals surface area contributed by atoms with Gasteiger partial charge >= 0.3 is 0 Å². The molecule has 1 aliphatic rings. The van der Waals surface area contributed by atoms with Gasteiger partial charge in [-0.25, -0.2) is 9.97 Å². The van der Waals surface area contributed by atoms with Crippen molar-refractivity contribution in [2.24, 2.45) is 0 Å². The summed E-state index contributed by atoms with van der Waals surface area (Å²) in [4.78, 5) is 15.5. The van der Waals surface area contributed by atoms with Crippen molar-refractivity contribution in [3.8, 4) is 0 Å². The van der Waals surface area contributed by atoms with Crippen molar-refractivity contribution in [2.75, 3.05) is 18.0 Å². The topological polar surface area (TPSA) is 67.9 Å². The van der Waals surface area contributed by atoms with Crippen LogP contribution in [-0.2, 0) is 0 Å². The van der Waals surface area contributed by atoms with E-state index in [1.54, 1.807) is 17.7 Å². The summed E-state index contributed by atoms with van der Waals surface area (Å²) in [5.41, 5.74) is 1.02. The van der Waals surface area contributed by atoms with E-state index in [1.165, 1.54) is 0 Å². The first kappa shape index (κ1) is 12.7. The molecule has 1 saturated heterocycles. The molecule has 0 N–H and O–H groups in total. The van der Waals surface area contributed by atoms with E-state index >= 15 is 0 Å². The van der Waals surface area contributed by atoms with Gasteiger partial charge in [-0.15, -0.1) is 11.3 Å². The number of hydrogen-bond acceptors (Lipinski definition) is 7. The number of rotatable bonds is 2. The largest absolute Gasteiger partial charge is 0.355 e. The van der Waals surface area contributed by atoms with Crippen LogP contribution in [0.15, 0.2) is 22.3 Å². The third kappa shape index (κ3) is 2.27. The van der Waals surface area contributed by atoms with Crippen LogP contribution in [0.3, 0.4) is 0 Å². The lowest BCUT2D eigenvalue weighted by molar-refractivity contribution is 0.377. The molecule has 0 aromatic carbocycles. The maximum absolute atomic E-state index is 5.11. The Hall–Kier alpha value is -2.02. The Labute approximate surface area is 125 Å². The maximum Gasteiger partial charge on any atom is 0.223 e. The van der Waals surface area contributed by atoms with Gasteiger partial charge in [-0.05, 0) is 24.3 Å². The molecule has 0 amide bonds. The summed E-state index contributed by atoms with van der Waals surface area (Å²) in [6.07, 6.45) is 3.84. The van der Waals surface area contributed by atoms with Crippen molar-refractivity contribution in [3.63, 3.8) is 0 Å². The van der Waals surface area contributed by atoms with Crippen molar-refractivity contribution in [2.45, 2.75) is 25.7 Å². The average molecular weight is 301 g/mol. The molecular formula is C14H15N5OS. The molecule has 3 aromatic heterocycles. The van der Waals surface area contributed by atoms with Crippen LogP contribution in [0.1, 0.15) is 30.5 Å². The normalized spacial score (nSPS) is 19.3. The molecule has 4 heterocycles. The lowest BCUT2D eigenvalue weighted by atomic mass is 9.97. The average Bonchev–Trinajstić information content (AvgIpc) is 3.15. The number of aromatic nitrogens is 4. The zero-order valence-corrected chi connectivity index (χ0v) is 12.5. The van der Waals surface area contributed by atoms with Gasteiger partial charge in [-0.2, -0.15) is 4.98 Å². The Morgan fingerprint density at radius 2 is 2.33 bits per heavy atom. The van der Waals surface area contributed by atoms with Crippen molar-refractivity contribution in [3.05, 3.63) is 29.5 Å². The number of thiophene rings is 1. The van der Waals surface area contributed by atoms with Gasteiger partial charge in [0.15, 0.2) is 5.82 Å². The van der Waals surface area contributed by atoms with E-state index in [0.29, 0.717) is 11.8 Å². The molecule has 6 nitrogen and oxygen atoms in total. The van der Waals surface area contributed by atoms with Crippen LogP contribution in [0.4, 0.5) is 5.82 Å². The lowest BCUT2D eigenvalue weighted by Crippen LogP contribution is -2.35. The standard InChI is InChI=1S/C14H15N5OS/c1-9-17-13(18-20-9)10-3-2-5-19(7-10)14-12-11(4-6-21-12)15-8-16-14/h4,6,8,10H,2-3,5,7H2,1H3/t10-/m0/s1. The van der Waals surface area contributed by atoms with E-state index < -0.39 is 0 Å². The highest BCUT2D eigenvalue weighted by molar-refractivity contribution is 7.17. The lowest BCUT2D eigenvalue weighted by Gasteiger charge is -2.32. The van der Waals surface area contributed by atoms with Gasteiger partial charge in [0.2, 0.25) is 5.89 Å². The predicted molar refractivity (Wildman–Crippen MR) is 80.6 cm³/mol. The van der Waals surface area contributed by atoms with Crippen LogP contribution < -0.4 is 4.90 Å². The smallest absolute Gasteiger partial charge is 0.223 e. The van der Waals surface area contributed by atoms with Gasteiger partial charge in [-0.1, -0.05) is 5.16 Å². The SMILES string of the molecule is Cc1nc([C@H]2CCCN(c3ncnc4ccsc34)C2)no1. The van der Waals surface area contributed by atoms with Crippen LogP contribution in [-0.4, -0.2) is 33.2 Å². The second-order valence-electron chi connectivity index (χ2n) is 5.29. The van der Waals surface area contributed by atoms with E-state index in [-0.39, 0.29) is 0 Å². The van der Waals surface area contributed by atoms with E-state index in [2.05, 4.69) is 30.4 Å². The van der Waals surface area contributed by atoms with Crippen LogP contribution in [0.5, 0.6) is 0 Å². The molecule has 0 spiro atoms. The summed E-state index contributed by atoms with van der Waals surface area (Å²) in [5.74, 6) is 2.78. The van der Waals surface area contributed by atoms with Gasteiger partial charge in [0.25, 0.3) is 0 Å². The first-order valence-electron chi connectivity index (χ1n) is 7.04. The maximum atomic E-state index is 5.11. The van der Waals surface area contributed by atoms with Gasteiger partial charge in [0.05, 0.1) is 10.2 Å². The highest BCUT2D eigenvalue weighted by Crippen LogP contribution is 2.33. The van der Waals surface area contributed by atoms with Gasteiger partial charge in [0.1, 0.15) is 12.1 Å². The fraction of sp³-hybridized carbons (Fsp3) is 0.429. The highest BCUT2D eigenvalue weighted by Gasteiger charge is 2.26. The number of piperidine rings is 1. The van der Waals surface area contributed by atoms with Crippen LogP contribution in [0.25, 0.3) is 10.2 Å². The van der Waals surface area contributed by atoms with Gasteiger partial charge < -0.3 is 9.42 Å². The second-order valence-corrected chi connectivity index (χ2v) is 6.21. The van der Waals surface area contributed by atoms with Gasteiger partial charge in [0, 0.05) is 25.9 Å². The monoisotopic (exact) mass is 301 g/mol. The molecular weight excluding hydrogens is 286 g/mol. The van der Waals surface area contributed by atoms with Crippen LogP contribution in [0, 0.1) is 6.92 Å². The minimum absolute atomic E-state index is 0.307. The quantitative estimate of drug-likeness (QED) is 0.725. The molecule has 3 aromatic rings. The molecule has 0 bridgehead atoms. The molecule has 0 radical (unpaired) electrons. The Bertz CT molecular complexity index is 767. The Balaban J connectivity index is 1.65. The molecule has 4 rings (SSSR count). The Morgan fingerprint density at radius 3 is 3.19 bits per heavy atom. The minimum atomic E-state index is 0.307. The number of fused-ring (bicyclic) bond motifs is 1. The fourth-order valence-electron chi connectivity index (χ4n) is 2.86. The molecule has 0 aliphatic carbocycles. The molecule has 108 valence electrons. The summed E-state index contributed by atoms with van der Waals surface area (Å²) in [7, 11) is 0. The first-order valence-corrected chi connectivity index (χ1v) is 7.92. The Kier molecular flexibility index (Phi) is 3.07. The minimum Gasteiger partial charge on any atom is -0.355 e. The fourth-order valence-corrected chi connectivity index (χ4v) is 3.72. The van der Waals surface area contributed by atoms with Crippen molar-refractivity contribution < 1.29 is 4.52 Å². The van der Waals surface area contributed by atoms with E-state index in [0.717, 1.165) is 47.8 Å². The number of anilines is 1. The van der Waals surface area contributed by atoms with Crippen molar-refractivity contribution in [1.82, 2.24) is 20.1 Å². The van der Waals surface area contributed by atoms with E-state index in [4.69, 9.17) is 4.52 Å². The summed E-state index contributed by atoms with van der Waals surface area (Å²) < 4.78 is 6.27. The molecule has 1 fully saturated rings. The van der Waals surface area contributed by atoms with Crippen LogP contribution in [0.2, 0.25) is 0 Å². The summed E-state index contributed by atoms with van der Waals surface area (Å²) in [6, 6.07) is 2.04. The third-order valence-electron chi connectivity index (χ3n) is 3.85. The molecule has 21 heavy (non-hydrogen) atoms. The van der Waals surface area contributed by atoms with E-state index in [9.17, 15) is 0 Å². The Morgan fingerprint density at radius 1 is 1.38 bits per heavy atom. The summed E-state index contributed by atoms with van der Waals surface area (Å²) >= 11 is 1.69. The third-order valence-corrected chi connectivity index (χ3v) is 4.75.